The van der Waals surface area contributed by atoms with Crippen LogP contribution in [0.2, 0.25) is 0 Å². The molecule has 0 N–H and O–H groups in total. The Balaban J connectivity index is 2.77. The number of aryl methyl sites for hydroxylation is 1. The highest BCUT2D eigenvalue weighted by molar-refractivity contribution is 5.48. The number of ether oxygens (including phenoxy) is 3. The minimum atomic E-state index is -0.518. The fourth-order valence-corrected chi connectivity index (χ4v) is 1.72. The van der Waals surface area contributed by atoms with E-state index in [1.54, 1.807) is 6.07 Å². The molecular formula is C14H21NO5. The van der Waals surface area contributed by atoms with Gasteiger partial charge in [0.1, 0.15) is 6.61 Å². The van der Waals surface area contributed by atoms with Gasteiger partial charge in [0.2, 0.25) is 0 Å². The van der Waals surface area contributed by atoms with Crippen molar-refractivity contribution in [3.05, 3.63) is 33.9 Å². The van der Waals surface area contributed by atoms with E-state index in [1.807, 2.05) is 26.8 Å². The minimum absolute atomic E-state index is 0.0314. The summed E-state index contributed by atoms with van der Waals surface area (Å²) in [6, 6.07) is 4.97. The van der Waals surface area contributed by atoms with Crippen molar-refractivity contribution in [2.45, 2.75) is 33.5 Å². The van der Waals surface area contributed by atoms with Gasteiger partial charge in [-0.1, -0.05) is 13.0 Å². The molecular weight excluding hydrogens is 262 g/mol. The van der Waals surface area contributed by atoms with E-state index in [-0.39, 0.29) is 18.0 Å². The summed E-state index contributed by atoms with van der Waals surface area (Å²) >= 11 is 0. The lowest BCUT2D eigenvalue weighted by atomic mass is 10.1. The average molecular weight is 283 g/mol. The van der Waals surface area contributed by atoms with Crippen LogP contribution in [-0.2, 0) is 15.9 Å². The van der Waals surface area contributed by atoms with Crippen LogP contribution >= 0.6 is 0 Å². The highest BCUT2D eigenvalue weighted by Crippen LogP contribution is 2.28. The summed E-state index contributed by atoms with van der Waals surface area (Å²) in [6.07, 6.45) is 0.220. The molecule has 1 aromatic rings. The van der Waals surface area contributed by atoms with E-state index < -0.39 is 11.2 Å². The Morgan fingerprint density at radius 3 is 2.35 bits per heavy atom. The van der Waals surface area contributed by atoms with E-state index in [0.29, 0.717) is 13.2 Å². The first-order valence-electron chi connectivity index (χ1n) is 6.75. The first-order valence-corrected chi connectivity index (χ1v) is 6.75. The second kappa shape index (κ2) is 8.50. The van der Waals surface area contributed by atoms with Gasteiger partial charge in [0.25, 0.3) is 0 Å². The molecule has 0 saturated heterocycles. The van der Waals surface area contributed by atoms with Gasteiger partial charge in [-0.05, 0) is 31.9 Å². The predicted molar refractivity (Wildman–Crippen MR) is 75.0 cm³/mol. The summed E-state index contributed by atoms with van der Waals surface area (Å²) in [5, 5.41) is 11.0. The lowest BCUT2D eigenvalue weighted by Gasteiger charge is -2.17. The highest BCUT2D eigenvalue weighted by Gasteiger charge is 2.17. The summed E-state index contributed by atoms with van der Waals surface area (Å²) in [4.78, 5) is 10.6. The van der Waals surface area contributed by atoms with Gasteiger partial charge in [-0.15, -0.1) is 0 Å². The lowest BCUT2D eigenvalue weighted by molar-refractivity contribution is -0.386. The third kappa shape index (κ3) is 4.79. The Morgan fingerprint density at radius 1 is 1.20 bits per heavy atom. The van der Waals surface area contributed by atoms with Gasteiger partial charge >= 0.3 is 5.69 Å². The summed E-state index contributed by atoms with van der Waals surface area (Å²) in [6.45, 7) is 6.75. The molecule has 0 bridgehead atoms. The molecule has 0 radical (unpaired) electrons. The minimum Gasteiger partial charge on any atom is -0.481 e. The van der Waals surface area contributed by atoms with E-state index in [1.165, 1.54) is 6.07 Å². The molecule has 0 amide bonds. The van der Waals surface area contributed by atoms with Crippen molar-refractivity contribution in [1.29, 1.82) is 0 Å². The smallest absolute Gasteiger partial charge is 0.311 e. The maximum atomic E-state index is 11.0. The van der Waals surface area contributed by atoms with Gasteiger partial charge in [-0.25, -0.2) is 0 Å². The monoisotopic (exact) mass is 283 g/mol. The van der Waals surface area contributed by atoms with Crippen molar-refractivity contribution >= 4 is 5.69 Å². The van der Waals surface area contributed by atoms with Crippen LogP contribution in [0.5, 0.6) is 5.75 Å². The number of rotatable bonds is 9. The molecule has 0 aliphatic carbocycles. The molecule has 1 rings (SSSR count). The number of hydrogen-bond donors (Lipinski definition) is 0. The molecule has 0 saturated carbocycles. The number of nitro groups is 1. The fraction of sp³-hybridized carbons (Fsp3) is 0.571. The second-order valence-corrected chi connectivity index (χ2v) is 4.06. The molecule has 0 atom stereocenters. The second-order valence-electron chi connectivity index (χ2n) is 4.06. The average Bonchev–Trinajstić information content (AvgIpc) is 2.45. The van der Waals surface area contributed by atoms with Crippen molar-refractivity contribution in [1.82, 2.24) is 0 Å². The predicted octanol–water partition coefficient (Wildman–Crippen LogP) is 2.94. The first kappa shape index (κ1) is 16.4. The first-order chi connectivity index (χ1) is 9.62. The summed E-state index contributed by atoms with van der Waals surface area (Å²) < 4.78 is 16.1. The number of nitrogens with zero attached hydrogens (tertiary/aromatic N) is 1. The fourth-order valence-electron chi connectivity index (χ4n) is 1.72. The highest BCUT2D eigenvalue weighted by atomic mass is 16.7. The van der Waals surface area contributed by atoms with Crippen LogP contribution in [0.1, 0.15) is 26.3 Å². The Hall–Kier alpha value is -1.66. The third-order valence-electron chi connectivity index (χ3n) is 2.71. The quantitative estimate of drug-likeness (QED) is 0.396. The van der Waals surface area contributed by atoms with Crippen LogP contribution in [-0.4, -0.2) is 31.0 Å². The topological polar surface area (TPSA) is 70.8 Å². The standard InChI is InChI=1S/C14H21NO5/c1-4-11-7-8-13(12(9-11)15(16)17)20-10-14(18-5-2)19-6-3/h7-9,14H,4-6,10H2,1-3H3. The van der Waals surface area contributed by atoms with Crippen LogP contribution in [0.25, 0.3) is 0 Å². The van der Waals surface area contributed by atoms with Crippen molar-refractivity contribution in [3.8, 4) is 5.75 Å². The zero-order valence-electron chi connectivity index (χ0n) is 12.1. The van der Waals surface area contributed by atoms with Crippen LogP contribution in [0.4, 0.5) is 5.69 Å². The van der Waals surface area contributed by atoms with Crippen molar-refractivity contribution in [2.24, 2.45) is 0 Å². The molecule has 6 nitrogen and oxygen atoms in total. The normalized spacial score (nSPS) is 10.8. The molecule has 0 fully saturated rings. The van der Waals surface area contributed by atoms with Gasteiger partial charge in [0.15, 0.2) is 12.0 Å². The molecule has 6 heteroatoms. The molecule has 0 aliphatic heterocycles. The summed E-state index contributed by atoms with van der Waals surface area (Å²) in [5.41, 5.74) is 0.867. The maximum absolute atomic E-state index is 11.0. The van der Waals surface area contributed by atoms with Gasteiger partial charge in [-0.3, -0.25) is 10.1 Å². The van der Waals surface area contributed by atoms with Crippen molar-refractivity contribution < 1.29 is 19.1 Å². The van der Waals surface area contributed by atoms with Gasteiger partial charge in [0, 0.05) is 19.3 Å². The molecule has 20 heavy (non-hydrogen) atoms. The number of nitro benzene ring substituents is 1. The van der Waals surface area contributed by atoms with E-state index in [4.69, 9.17) is 14.2 Å². The van der Waals surface area contributed by atoms with Gasteiger partial charge in [0.05, 0.1) is 4.92 Å². The van der Waals surface area contributed by atoms with Crippen LogP contribution in [0.15, 0.2) is 18.2 Å². The van der Waals surface area contributed by atoms with Crippen LogP contribution < -0.4 is 4.74 Å². The zero-order chi connectivity index (χ0) is 15.0. The van der Waals surface area contributed by atoms with E-state index in [0.717, 1.165) is 12.0 Å². The summed E-state index contributed by atoms with van der Waals surface area (Å²) in [7, 11) is 0. The Kier molecular flexibility index (Phi) is 6.97. The lowest BCUT2D eigenvalue weighted by Crippen LogP contribution is -2.25. The van der Waals surface area contributed by atoms with E-state index in [9.17, 15) is 10.1 Å². The van der Waals surface area contributed by atoms with E-state index >= 15 is 0 Å². The maximum Gasteiger partial charge on any atom is 0.311 e. The van der Waals surface area contributed by atoms with Gasteiger partial charge in [-0.2, -0.15) is 0 Å². The van der Waals surface area contributed by atoms with Crippen molar-refractivity contribution in [3.63, 3.8) is 0 Å². The van der Waals surface area contributed by atoms with Crippen LogP contribution in [0.3, 0.4) is 0 Å². The molecule has 0 spiro atoms. The van der Waals surface area contributed by atoms with E-state index in [2.05, 4.69) is 0 Å². The SMILES string of the molecule is CCOC(COc1ccc(CC)cc1[N+](=O)[O-])OCC. The van der Waals surface area contributed by atoms with Crippen LogP contribution in [0, 0.1) is 10.1 Å². The number of benzene rings is 1. The van der Waals surface area contributed by atoms with Gasteiger partial charge < -0.3 is 14.2 Å². The zero-order valence-corrected chi connectivity index (χ0v) is 12.1. The Morgan fingerprint density at radius 2 is 1.85 bits per heavy atom. The Bertz CT molecular complexity index is 430. The molecule has 0 heterocycles. The molecule has 1 aromatic carbocycles. The molecule has 0 unspecified atom stereocenters. The Labute approximate surface area is 118 Å². The number of hydrogen-bond acceptors (Lipinski definition) is 5. The summed E-state index contributed by atoms with van der Waals surface area (Å²) in [5.74, 6) is 0.233. The third-order valence-corrected chi connectivity index (χ3v) is 2.71. The largest absolute Gasteiger partial charge is 0.481 e. The molecule has 0 aliphatic rings. The molecule has 112 valence electrons. The molecule has 0 aromatic heterocycles. The van der Waals surface area contributed by atoms with Crippen molar-refractivity contribution in [2.75, 3.05) is 19.8 Å².